The average Bonchev–Trinajstić information content (AvgIpc) is 3.48. The normalized spacial score (nSPS) is 15.6. The lowest BCUT2D eigenvalue weighted by Gasteiger charge is -2.09. The molecule has 2 heterocycles. The molecule has 1 aromatic carbocycles. The Morgan fingerprint density at radius 3 is 2.78 bits per heavy atom. The first-order chi connectivity index (χ1) is 13.3. The van der Waals surface area contributed by atoms with Gasteiger partial charge in [0.05, 0.1) is 12.2 Å². The Hall–Kier alpha value is -3.02. The summed E-state index contributed by atoms with van der Waals surface area (Å²) in [6.07, 6.45) is 11.2. The lowest BCUT2D eigenvalue weighted by atomic mass is 9.99. The van der Waals surface area contributed by atoms with Gasteiger partial charge in [0.15, 0.2) is 0 Å². The average molecular weight is 359 g/mol. The third kappa shape index (κ3) is 3.23. The van der Waals surface area contributed by atoms with Crippen molar-refractivity contribution < 1.29 is 4.79 Å². The SMILES string of the molecule is O=C(NCc1ncc(C2CC2)cn1)c1ccc2c(c1)CCCc1c[nH]nc1-2. The number of nitrogens with zero attached hydrogens (tertiary/aromatic N) is 3. The number of benzene rings is 1. The molecule has 1 saturated carbocycles. The maximum Gasteiger partial charge on any atom is 0.251 e. The molecular weight excluding hydrogens is 338 g/mol. The summed E-state index contributed by atoms with van der Waals surface area (Å²) in [6.45, 7) is 0.338. The molecule has 0 atom stereocenters. The number of aryl methyl sites for hydroxylation is 2. The molecule has 2 aromatic heterocycles. The fourth-order valence-corrected chi connectivity index (χ4v) is 3.73. The number of hydrogen-bond donors (Lipinski definition) is 2. The zero-order valence-corrected chi connectivity index (χ0v) is 15.0. The molecule has 2 N–H and O–H groups in total. The Bertz CT molecular complexity index is 988. The summed E-state index contributed by atoms with van der Waals surface area (Å²) < 4.78 is 0. The van der Waals surface area contributed by atoms with Gasteiger partial charge in [-0.3, -0.25) is 9.89 Å². The summed E-state index contributed by atoms with van der Waals surface area (Å²) in [5, 5.41) is 10.3. The van der Waals surface area contributed by atoms with Gasteiger partial charge in [-0.1, -0.05) is 6.07 Å². The number of aromatic amines is 1. The van der Waals surface area contributed by atoms with E-state index in [1.807, 2.05) is 36.8 Å². The number of hydrogen-bond acceptors (Lipinski definition) is 4. The van der Waals surface area contributed by atoms with Gasteiger partial charge in [-0.15, -0.1) is 0 Å². The van der Waals surface area contributed by atoms with E-state index in [0.717, 1.165) is 30.5 Å². The summed E-state index contributed by atoms with van der Waals surface area (Å²) in [6, 6.07) is 5.87. The minimum atomic E-state index is -0.0980. The fourth-order valence-electron chi connectivity index (χ4n) is 3.73. The van der Waals surface area contributed by atoms with Gasteiger partial charge in [0.25, 0.3) is 5.91 Å². The highest BCUT2D eigenvalue weighted by atomic mass is 16.1. The van der Waals surface area contributed by atoms with Crippen LogP contribution in [-0.4, -0.2) is 26.1 Å². The predicted octanol–water partition coefficient (Wildman–Crippen LogP) is 3.16. The first-order valence-corrected chi connectivity index (χ1v) is 9.53. The van der Waals surface area contributed by atoms with Gasteiger partial charge in [-0.2, -0.15) is 5.10 Å². The van der Waals surface area contributed by atoms with E-state index < -0.39 is 0 Å². The maximum absolute atomic E-state index is 12.6. The molecule has 1 fully saturated rings. The summed E-state index contributed by atoms with van der Waals surface area (Å²) in [5.74, 6) is 1.19. The van der Waals surface area contributed by atoms with Crippen LogP contribution in [0.4, 0.5) is 0 Å². The second kappa shape index (κ2) is 6.61. The third-order valence-electron chi connectivity index (χ3n) is 5.42. The molecule has 0 bridgehead atoms. The second-order valence-electron chi connectivity index (χ2n) is 7.37. The van der Waals surface area contributed by atoms with Crippen LogP contribution in [0.15, 0.2) is 36.8 Å². The Kier molecular flexibility index (Phi) is 3.96. The van der Waals surface area contributed by atoms with Gasteiger partial charge in [-0.05, 0) is 66.8 Å². The Morgan fingerprint density at radius 1 is 1.15 bits per heavy atom. The van der Waals surface area contributed by atoms with Crippen LogP contribution in [0, 0.1) is 0 Å². The molecule has 1 amide bonds. The maximum atomic E-state index is 12.6. The quantitative estimate of drug-likeness (QED) is 0.749. The molecule has 136 valence electrons. The van der Waals surface area contributed by atoms with E-state index in [4.69, 9.17) is 0 Å². The molecular formula is C21H21N5O. The van der Waals surface area contributed by atoms with Gasteiger partial charge < -0.3 is 5.32 Å². The van der Waals surface area contributed by atoms with Crippen LogP contribution < -0.4 is 5.32 Å². The Balaban J connectivity index is 1.30. The van der Waals surface area contributed by atoms with Crippen molar-refractivity contribution in [3.05, 3.63) is 64.9 Å². The molecule has 0 unspecified atom stereocenters. The van der Waals surface area contributed by atoms with Gasteiger partial charge in [0.2, 0.25) is 0 Å². The van der Waals surface area contributed by atoms with Crippen LogP contribution in [0.1, 0.15) is 58.1 Å². The van der Waals surface area contributed by atoms with Crippen molar-refractivity contribution in [3.8, 4) is 11.3 Å². The highest BCUT2D eigenvalue weighted by molar-refractivity contribution is 5.95. The molecule has 0 spiro atoms. The van der Waals surface area contributed by atoms with E-state index >= 15 is 0 Å². The molecule has 2 aliphatic carbocycles. The van der Waals surface area contributed by atoms with Crippen molar-refractivity contribution in [1.29, 1.82) is 0 Å². The third-order valence-corrected chi connectivity index (χ3v) is 5.42. The molecule has 6 nitrogen and oxygen atoms in total. The molecule has 2 aliphatic rings. The second-order valence-corrected chi connectivity index (χ2v) is 7.37. The van der Waals surface area contributed by atoms with E-state index in [2.05, 4.69) is 25.5 Å². The van der Waals surface area contributed by atoms with E-state index in [0.29, 0.717) is 23.9 Å². The Morgan fingerprint density at radius 2 is 1.96 bits per heavy atom. The van der Waals surface area contributed by atoms with Crippen molar-refractivity contribution in [2.75, 3.05) is 0 Å². The zero-order chi connectivity index (χ0) is 18.2. The molecule has 27 heavy (non-hydrogen) atoms. The first-order valence-electron chi connectivity index (χ1n) is 9.53. The van der Waals surface area contributed by atoms with E-state index in [1.165, 1.54) is 29.5 Å². The Labute approximate surface area is 157 Å². The predicted molar refractivity (Wildman–Crippen MR) is 101 cm³/mol. The summed E-state index contributed by atoms with van der Waals surface area (Å²) in [7, 11) is 0. The molecule has 0 saturated heterocycles. The van der Waals surface area contributed by atoms with E-state index in [-0.39, 0.29) is 5.91 Å². The van der Waals surface area contributed by atoms with Crippen molar-refractivity contribution in [2.45, 2.75) is 44.6 Å². The smallest absolute Gasteiger partial charge is 0.251 e. The lowest BCUT2D eigenvalue weighted by molar-refractivity contribution is 0.0950. The van der Waals surface area contributed by atoms with Crippen LogP contribution in [0.2, 0.25) is 0 Å². The van der Waals surface area contributed by atoms with Gasteiger partial charge in [0.1, 0.15) is 5.82 Å². The van der Waals surface area contributed by atoms with Crippen LogP contribution >= 0.6 is 0 Å². The lowest BCUT2D eigenvalue weighted by Crippen LogP contribution is -2.24. The number of carbonyl (C=O) groups excluding carboxylic acids is 1. The van der Waals surface area contributed by atoms with Gasteiger partial charge in [0, 0.05) is 29.7 Å². The molecule has 6 heteroatoms. The van der Waals surface area contributed by atoms with E-state index in [1.54, 1.807) is 0 Å². The van der Waals surface area contributed by atoms with E-state index in [9.17, 15) is 4.79 Å². The van der Waals surface area contributed by atoms with Crippen molar-refractivity contribution >= 4 is 5.91 Å². The fraction of sp³-hybridized carbons (Fsp3) is 0.333. The monoisotopic (exact) mass is 359 g/mol. The van der Waals surface area contributed by atoms with Crippen LogP contribution in [-0.2, 0) is 19.4 Å². The number of rotatable bonds is 4. The minimum Gasteiger partial charge on any atom is -0.345 e. The largest absolute Gasteiger partial charge is 0.345 e. The van der Waals surface area contributed by atoms with Gasteiger partial charge >= 0.3 is 0 Å². The van der Waals surface area contributed by atoms with Gasteiger partial charge in [-0.25, -0.2) is 9.97 Å². The van der Waals surface area contributed by atoms with Crippen LogP contribution in [0.5, 0.6) is 0 Å². The summed E-state index contributed by atoms with van der Waals surface area (Å²) in [4.78, 5) is 21.3. The van der Waals surface area contributed by atoms with Crippen molar-refractivity contribution in [2.24, 2.45) is 0 Å². The summed E-state index contributed by atoms with van der Waals surface area (Å²) >= 11 is 0. The number of amides is 1. The summed E-state index contributed by atoms with van der Waals surface area (Å²) in [5.41, 5.74) is 6.44. The number of aromatic nitrogens is 4. The van der Waals surface area contributed by atoms with Crippen molar-refractivity contribution in [3.63, 3.8) is 0 Å². The highest BCUT2D eigenvalue weighted by Gasteiger charge is 2.24. The molecule has 0 radical (unpaired) electrons. The highest BCUT2D eigenvalue weighted by Crippen LogP contribution is 2.39. The minimum absolute atomic E-state index is 0.0980. The standard InChI is InChI=1S/C21H21N5O/c27-21(24-12-19-22-9-17(10-23-19)13-4-5-13)15-6-7-18-14(8-15)2-1-3-16-11-25-26-20(16)18/h6-11,13H,1-5,12H2,(H,24,27)(H,25,26). The topological polar surface area (TPSA) is 83.6 Å². The van der Waals surface area contributed by atoms with Crippen LogP contribution in [0.25, 0.3) is 11.3 Å². The molecule has 0 aliphatic heterocycles. The van der Waals surface area contributed by atoms with Crippen molar-refractivity contribution in [1.82, 2.24) is 25.5 Å². The van der Waals surface area contributed by atoms with Crippen LogP contribution in [0.3, 0.4) is 0 Å². The number of fused-ring (bicyclic) bond motifs is 3. The molecule has 3 aromatic rings. The number of nitrogens with one attached hydrogen (secondary N) is 2. The molecule has 5 rings (SSSR count). The number of H-pyrrole nitrogens is 1. The first kappa shape index (κ1) is 16.2. The number of carbonyl (C=O) groups is 1. The zero-order valence-electron chi connectivity index (χ0n) is 15.0.